The Hall–Kier alpha value is -1.42. The van der Waals surface area contributed by atoms with Gasteiger partial charge in [-0.25, -0.2) is 0 Å². The van der Waals surface area contributed by atoms with E-state index in [1.165, 1.54) is 7.11 Å². The number of carbonyl (C=O) groups excluding carboxylic acids is 1. The standard InChI is InChI=1S/C11H12ClNO3/c1-16-9-4-7(12)3-8(11(9)15)6-2-10(14)13-5-6/h3-4,6,15H,2,5H2,1H3,(H,13,14). The van der Waals surface area contributed by atoms with Gasteiger partial charge < -0.3 is 15.2 Å². The Labute approximate surface area is 98.2 Å². The second kappa shape index (κ2) is 4.22. The van der Waals surface area contributed by atoms with Crippen LogP contribution in [0.3, 0.4) is 0 Å². The molecule has 1 aliphatic heterocycles. The lowest BCUT2D eigenvalue weighted by Gasteiger charge is -2.13. The first-order chi connectivity index (χ1) is 7.61. The van der Waals surface area contributed by atoms with Crippen molar-refractivity contribution in [3.05, 3.63) is 22.7 Å². The van der Waals surface area contributed by atoms with Gasteiger partial charge in [-0.2, -0.15) is 0 Å². The van der Waals surface area contributed by atoms with E-state index >= 15 is 0 Å². The van der Waals surface area contributed by atoms with Crippen LogP contribution in [0.1, 0.15) is 17.9 Å². The van der Waals surface area contributed by atoms with Crippen LogP contribution < -0.4 is 10.1 Å². The highest BCUT2D eigenvalue weighted by Crippen LogP contribution is 2.39. The number of phenolic OH excluding ortho intramolecular Hbond substituents is 1. The summed E-state index contributed by atoms with van der Waals surface area (Å²) in [6, 6.07) is 3.22. The first-order valence-corrected chi connectivity index (χ1v) is 5.32. The molecule has 1 aromatic rings. The zero-order chi connectivity index (χ0) is 11.7. The van der Waals surface area contributed by atoms with Gasteiger partial charge in [0.05, 0.1) is 7.11 Å². The fourth-order valence-corrected chi connectivity index (χ4v) is 2.10. The molecule has 1 amide bonds. The smallest absolute Gasteiger partial charge is 0.220 e. The molecule has 86 valence electrons. The summed E-state index contributed by atoms with van der Waals surface area (Å²) in [5, 5.41) is 13.1. The maximum atomic E-state index is 11.1. The molecule has 1 saturated heterocycles. The Kier molecular flexibility index (Phi) is 2.92. The van der Waals surface area contributed by atoms with Gasteiger partial charge in [-0.05, 0) is 6.07 Å². The summed E-state index contributed by atoms with van der Waals surface area (Å²) in [4.78, 5) is 11.1. The lowest BCUT2D eigenvalue weighted by molar-refractivity contribution is -0.119. The predicted molar refractivity (Wildman–Crippen MR) is 60.0 cm³/mol. The van der Waals surface area contributed by atoms with Crippen molar-refractivity contribution in [2.24, 2.45) is 0 Å². The Morgan fingerprint density at radius 1 is 1.56 bits per heavy atom. The van der Waals surface area contributed by atoms with Crippen LogP contribution in [0.25, 0.3) is 0 Å². The maximum Gasteiger partial charge on any atom is 0.220 e. The molecule has 0 bridgehead atoms. The molecule has 0 spiro atoms. The van der Waals surface area contributed by atoms with Crippen LogP contribution in [0.2, 0.25) is 5.02 Å². The molecule has 0 aliphatic carbocycles. The molecule has 5 heteroatoms. The van der Waals surface area contributed by atoms with E-state index in [4.69, 9.17) is 16.3 Å². The number of phenols is 1. The Balaban J connectivity index is 2.40. The largest absolute Gasteiger partial charge is 0.504 e. The molecular weight excluding hydrogens is 230 g/mol. The topological polar surface area (TPSA) is 58.6 Å². The van der Waals surface area contributed by atoms with Crippen molar-refractivity contribution in [1.29, 1.82) is 0 Å². The van der Waals surface area contributed by atoms with Gasteiger partial charge in [0.15, 0.2) is 11.5 Å². The van der Waals surface area contributed by atoms with Gasteiger partial charge >= 0.3 is 0 Å². The number of benzene rings is 1. The van der Waals surface area contributed by atoms with E-state index in [2.05, 4.69) is 5.32 Å². The van der Waals surface area contributed by atoms with Crippen LogP contribution >= 0.6 is 11.6 Å². The molecule has 4 nitrogen and oxygen atoms in total. The first-order valence-electron chi connectivity index (χ1n) is 4.95. The van der Waals surface area contributed by atoms with Gasteiger partial charge in [-0.15, -0.1) is 0 Å². The number of hydrogen-bond acceptors (Lipinski definition) is 3. The molecule has 1 aromatic carbocycles. The van der Waals surface area contributed by atoms with Crippen LogP contribution in [0.4, 0.5) is 0 Å². The molecule has 16 heavy (non-hydrogen) atoms. The normalized spacial score (nSPS) is 19.6. The summed E-state index contributed by atoms with van der Waals surface area (Å²) in [6.45, 7) is 0.524. The number of ether oxygens (including phenoxy) is 1. The third kappa shape index (κ3) is 1.93. The molecular formula is C11H12ClNO3. The Morgan fingerprint density at radius 2 is 2.31 bits per heavy atom. The van der Waals surface area contributed by atoms with E-state index in [0.29, 0.717) is 29.3 Å². The van der Waals surface area contributed by atoms with E-state index in [9.17, 15) is 9.90 Å². The quantitative estimate of drug-likeness (QED) is 0.828. The third-order valence-electron chi connectivity index (χ3n) is 2.71. The molecule has 2 N–H and O–H groups in total. The molecule has 0 saturated carbocycles. The number of carbonyl (C=O) groups is 1. The summed E-state index contributed by atoms with van der Waals surface area (Å²) in [6.07, 6.45) is 0.372. The zero-order valence-electron chi connectivity index (χ0n) is 8.79. The highest BCUT2D eigenvalue weighted by atomic mass is 35.5. The summed E-state index contributed by atoms with van der Waals surface area (Å²) in [5.74, 6) is 0.346. The SMILES string of the molecule is COc1cc(Cl)cc(C2CNC(=O)C2)c1O. The van der Waals surface area contributed by atoms with Crippen LogP contribution in [0.15, 0.2) is 12.1 Å². The number of hydrogen-bond donors (Lipinski definition) is 2. The second-order valence-electron chi connectivity index (χ2n) is 3.75. The van der Waals surface area contributed by atoms with Gasteiger partial charge in [0.25, 0.3) is 0 Å². The number of methoxy groups -OCH3 is 1. The molecule has 0 aromatic heterocycles. The number of amides is 1. The summed E-state index contributed by atoms with van der Waals surface area (Å²) >= 11 is 5.92. The van der Waals surface area contributed by atoms with Crippen LogP contribution in [0.5, 0.6) is 11.5 Å². The van der Waals surface area contributed by atoms with Crippen molar-refractivity contribution in [3.8, 4) is 11.5 Å². The van der Waals surface area contributed by atoms with Crippen molar-refractivity contribution in [1.82, 2.24) is 5.32 Å². The lowest BCUT2D eigenvalue weighted by atomic mass is 9.97. The first kappa shape index (κ1) is 11.1. The maximum absolute atomic E-state index is 11.1. The predicted octanol–water partition coefficient (Wildman–Crippen LogP) is 1.66. The minimum Gasteiger partial charge on any atom is -0.504 e. The molecule has 1 aliphatic rings. The van der Waals surface area contributed by atoms with E-state index in [1.54, 1.807) is 12.1 Å². The van der Waals surface area contributed by atoms with Crippen molar-refractivity contribution in [2.75, 3.05) is 13.7 Å². The summed E-state index contributed by atoms with van der Waals surface area (Å²) in [5.41, 5.74) is 0.655. The molecule has 0 radical (unpaired) electrons. The average molecular weight is 242 g/mol. The fraction of sp³-hybridized carbons (Fsp3) is 0.364. The minimum atomic E-state index is -0.0416. The molecule has 1 heterocycles. The van der Waals surface area contributed by atoms with E-state index in [1.807, 2.05) is 0 Å². The van der Waals surface area contributed by atoms with E-state index in [0.717, 1.165) is 0 Å². The summed E-state index contributed by atoms with van der Waals surface area (Å²) < 4.78 is 5.01. The molecule has 1 fully saturated rings. The molecule has 1 unspecified atom stereocenters. The third-order valence-corrected chi connectivity index (χ3v) is 2.92. The average Bonchev–Trinajstić information content (AvgIpc) is 2.67. The van der Waals surface area contributed by atoms with Crippen molar-refractivity contribution < 1.29 is 14.6 Å². The number of aromatic hydroxyl groups is 1. The highest BCUT2D eigenvalue weighted by Gasteiger charge is 2.26. The van der Waals surface area contributed by atoms with E-state index < -0.39 is 0 Å². The lowest BCUT2D eigenvalue weighted by Crippen LogP contribution is -2.13. The van der Waals surface area contributed by atoms with E-state index in [-0.39, 0.29) is 17.6 Å². The van der Waals surface area contributed by atoms with Crippen molar-refractivity contribution in [3.63, 3.8) is 0 Å². The Morgan fingerprint density at radius 3 is 2.88 bits per heavy atom. The highest BCUT2D eigenvalue weighted by molar-refractivity contribution is 6.30. The monoisotopic (exact) mass is 241 g/mol. The number of rotatable bonds is 2. The molecule has 2 rings (SSSR count). The fourth-order valence-electron chi connectivity index (χ4n) is 1.89. The second-order valence-corrected chi connectivity index (χ2v) is 4.19. The van der Waals surface area contributed by atoms with Gasteiger partial charge in [-0.3, -0.25) is 4.79 Å². The summed E-state index contributed by atoms with van der Waals surface area (Å²) in [7, 11) is 1.47. The Bertz CT molecular complexity index is 433. The van der Waals surface area contributed by atoms with Gasteiger partial charge in [0, 0.05) is 35.5 Å². The zero-order valence-corrected chi connectivity index (χ0v) is 9.54. The van der Waals surface area contributed by atoms with Gasteiger partial charge in [0.2, 0.25) is 5.91 Å². The van der Waals surface area contributed by atoms with Crippen LogP contribution in [-0.4, -0.2) is 24.7 Å². The minimum absolute atomic E-state index is 0.0108. The van der Waals surface area contributed by atoms with Gasteiger partial charge in [-0.1, -0.05) is 11.6 Å². The van der Waals surface area contributed by atoms with Crippen molar-refractivity contribution >= 4 is 17.5 Å². The molecule has 1 atom stereocenters. The van der Waals surface area contributed by atoms with Gasteiger partial charge in [0.1, 0.15) is 0 Å². The van der Waals surface area contributed by atoms with Crippen LogP contribution in [0, 0.1) is 0 Å². The van der Waals surface area contributed by atoms with Crippen molar-refractivity contribution in [2.45, 2.75) is 12.3 Å². The number of nitrogens with one attached hydrogen (secondary N) is 1. The van der Waals surface area contributed by atoms with Crippen LogP contribution in [-0.2, 0) is 4.79 Å². The number of halogens is 1.